The van der Waals surface area contributed by atoms with Crippen molar-refractivity contribution in [3.8, 4) is 0 Å². The number of primary amides is 1. The van der Waals surface area contributed by atoms with Crippen LogP contribution in [0.3, 0.4) is 0 Å². The van der Waals surface area contributed by atoms with Crippen molar-refractivity contribution in [3.63, 3.8) is 0 Å². The number of aromatic amines is 3. The SMILES string of the molecule is Cc1[nH]c2ccccc2c1C[C@@H](NC(=O)[C@@H](N)Cc1cnc[nH]1)C(=O)N[C@@H](C)C(=O)N[C@@H](Cc1c[nH]c2ccccc12)C(=O)NC(Cc1ccccc1)C(=O)N[C@@H](CCCCN)C(N)=O. The van der Waals surface area contributed by atoms with Gasteiger partial charge in [-0.05, 0) is 68.5 Å². The molecule has 0 saturated heterocycles. The highest BCUT2D eigenvalue weighted by Crippen LogP contribution is 2.24. The maximum atomic E-state index is 14.5. The molecule has 0 aliphatic rings. The van der Waals surface area contributed by atoms with Gasteiger partial charge >= 0.3 is 0 Å². The first kappa shape index (κ1) is 47.2. The standard InChI is InChI=1S/C47H58N12O6/c1-27-34(33-15-7-9-17-37(33)54-27)23-41(58-44(62)35(49)22-31-25-51-26-53-31)45(63)55-28(2)43(61)57-40(21-30-24-52-36-16-8-6-14-32(30)36)47(65)59-39(20-29-12-4-3-5-13-29)46(64)56-38(42(50)60)18-10-11-19-48/h3-9,12-17,24-26,28,35,38-41,52,54H,10-11,18-23,48-49H2,1-2H3,(H2,50,60)(H,51,53)(H,55,63)(H,56,64)(H,57,61)(H,58,62)(H,59,65)/t28-,35-,38-,39?,40-,41+/m0/s1. The fourth-order valence-electron chi connectivity index (χ4n) is 7.80. The Morgan fingerprint density at radius 1 is 0.646 bits per heavy atom. The Balaban J connectivity index is 1.23. The third-order valence-electron chi connectivity index (χ3n) is 11.4. The van der Waals surface area contributed by atoms with E-state index in [1.54, 1.807) is 36.7 Å². The van der Waals surface area contributed by atoms with Crippen LogP contribution >= 0.6 is 0 Å². The molecule has 18 heteroatoms. The number of H-pyrrole nitrogens is 3. The molecule has 3 aromatic heterocycles. The summed E-state index contributed by atoms with van der Waals surface area (Å²) in [6.07, 6.45) is 6.47. The lowest BCUT2D eigenvalue weighted by molar-refractivity contribution is -0.134. The Labute approximate surface area is 376 Å². The molecule has 0 saturated carbocycles. The Kier molecular flexibility index (Phi) is 16.2. The summed E-state index contributed by atoms with van der Waals surface area (Å²) in [4.78, 5) is 96.1. The third kappa shape index (κ3) is 12.7. The summed E-state index contributed by atoms with van der Waals surface area (Å²) in [6.45, 7) is 3.74. The molecule has 0 radical (unpaired) electrons. The van der Waals surface area contributed by atoms with E-state index in [2.05, 4.69) is 46.5 Å². The molecule has 0 bridgehead atoms. The molecule has 1 unspecified atom stereocenters. The molecule has 0 fully saturated rings. The average molecular weight is 887 g/mol. The Bertz CT molecular complexity index is 2570. The monoisotopic (exact) mass is 886 g/mol. The second-order valence-corrected chi connectivity index (χ2v) is 16.3. The van der Waals surface area contributed by atoms with Crippen LogP contribution in [0.25, 0.3) is 21.8 Å². The van der Waals surface area contributed by atoms with E-state index in [0.29, 0.717) is 30.6 Å². The van der Waals surface area contributed by atoms with Gasteiger partial charge in [0.1, 0.15) is 30.2 Å². The van der Waals surface area contributed by atoms with E-state index in [1.165, 1.54) is 13.3 Å². The zero-order chi connectivity index (χ0) is 46.5. The number of unbranched alkanes of at least 4 members (excludes halogenated alkanes) is 1. The molecule has 6 rings (SSSR count). The van der Waals surface area contributed by atoms with E-state index in [-0.39, 0.29) is 32.1 Å². The molecule has 3 aromatic carbocycles. The summed E-state index contributed by atoms with van der Waals surface area (Å²) < 4.78 is 0. The number of nitrogens with two attached hydrogens (primary N) is 3. The van der Waals surface area contributed by atoms with Gasteiger partial charge in [0.15, 0.2) is 0 Å². The van der Waals surface area contributed by atoms with Crippen LogP contribution in [-0.4, -0.2) is 98.2 Å². The highest BCUT2D eigenvalue weighted by Gasteiger charge is 2.33. The number of hydrogen-bond donors (Lipinski definition) is 11. The third-order valence-corrected chi connectivity index (χ3v) is 11.4. The van der Waals surface area contributed by atoms with Crippen LogP contribution in [0.2, 0.25) is 0 Å². The lowest BCUT2D eigenvalue weighted by atomic mass is 10.0. The number of imidazole rings is 1. The van der Waals surface area contributed by atoms with Crippen LogP contribution in [0.5, 0.6) is 0 Å². The number of para-hydroxylation sites is 2. The van der Waals surface area contributed by atoms with Crippen LogP contribution in [0.15, 0.2) is 97.6 Å². The van der Waals surface area contributed by atoms with Gasteiger partial charge in [-0.3, -0.25) is 28.8 Å². The first-order chi connectivity index (χ1) is 31.3. The van der Waals surface area contributed by atoms with Crippen molar-refractivity contribution in [2.45, 2.75) is 95.0 Å². The molecule has 0 aliphatic carbocycles. The Morgan fingerprint density at radius 3 is 1.94 bits per heavy atom. The van der Waals surface area contributed by atoms with E-state index >= 15 is 0 Å². The summed E-state index contributed by atoms with van der Waals surface area (Å²) in [7, 11) is 0. The van der Waals surface area contributed by atoms with Gasteiger partial charge in [-0.25, -0.2) is 4.98 Å². The molecule has 3 heterocycles. The lowest BCUT2D eigenvalue weighted by Gasteiger charge is -2.26. The maximum absolute atomic E-state index is 14.5. The number of nitrogens with one attached hydrogen (secondary N) is 8. The Hall–Kier alpha value is -7.31. The summed E-state index contributed by atoms with van der Waals surface area (Å²) in [5, 5.41) is 15.6. The first-order valence-corrected chi connectivity index (χ1v) is 21.7. The molecule has 6 aromatic rings. The topological polar surface area (TPSA) is 301 Å². The van der Waals surface area contributed by atoms with Crippen molar-refractivity contribution >= 4 is 57.2 Å². The minimum absolute atomic E-state index is 0.00231. The Morgan fingerprint density at radius 2 is 1.25 bits per heavy atom. The van der Waals surface area contributed by atoms with Gasteiger partial charge in [0, 0.05) is 71.3 Å². The van der Waals surface area contributed by atoms with Crippen LogP contribution in [0.4, 0.5) is 0 Å². The number of nitrogens with zero attached hydrogens (tertiary/aromatic N) is 1. The number of benzene rings is 3. The minimum Gasteiger partial charge on any atom is -0.368 e. The van der Waals surface area contributed by atoms with E-state index in [9.17, 15) is 28.8 Å². The fraction of sp³-hybridized carbons (Fsp3) is 0.340. The van der Waals surface area contributed by atoms with E-state index < -0.39 is 71.7 Å². The fourth-order valence-corrected chi connectivity index (χ4v) is 7.80. The molecule has 342 valence electrons. The largest absolute Gasteiger partial charge is 0.368 e. The average Bonchev–Trinajstić information content (AvgIpc) is 4.04. The van der Waals surface area contributed by atoms with Gasteiger partial charge in [0.2, 0.25) is 35.4 Å². The van der Waals surface area contributed by atoms with Crippen LogP contribution in [0.1, 0.15) is 54.3 Å². The normalized spacial score (nSPS) is 14.1. The molecule has 6 atom stereocenters. The van der Waals surface area contributed by atoms with Crippen LogP contribution in [0, 0.1) is 6.92 Å². The van der Waals surface area contributed by atoms with Crippen molar-refractivity contribution in [1.29, 1.82) is 0 Å². The predicted molar refractivity (Wildman–Crippen MR) is 247 cm³/mol. The summed E-state index contributed by atoms with van der Waals surface area (Å²) in [6, 6.07) is 17.3. The summed E-state index contributed by atoms with van der Waals surface area (Å²) in [5.41, 5.74) is 22.9. The summed E-state index contributed by atoms with van der Waals surface area (Å²) >= 11 is 0. The number of aryl methyl sites for hydroxylation is 1. The zero-order valence-electron chi connectivity index (χ0n) is 36.5. The number of carbonyl (C=O) groups is 6. The second-order valence-electron chi connectivity index (χ2n) is 16.3. The number of carbonyl (C=O) groups excluding carboxylic acids is 6. The van der Waals surface area contributed by atoms with Crippen molar-refractivity contribution in [1.82, 2.24) is 46.5 Å². The molecular formula is C47H58N12O6. The van der Waals surface area contributed by atoms with Crippen molar-refractivity contribution in [2.75, 3.05) is 6.54 Å². The van der Waals surface area contributed by atoms with Crippen LogP contribution < -0.4 is 43.8 Å². The van der Waals surface area contributed by atoms with Gasteiger partial charge in [-0.1, -0.05) is 66.7 Å². The highest BCUT2D eigenvalue weighted by atomic mass is 16.2. The number of hydrogen-bond acceptors (Lipinski definition) is 9. The molecule has 6 amide bonds. The van der Waals surface area contributed by atoms with Gasteiger partial charge in [-0.2, -0.15) is 0 Å². The maximum Gasteiger partial charge on any atom is 0.243 e. The molecule has 0 spiro atoms. The van der Waals surface area contributed by atoms with Crippen molar-refractivity contribution in [3.05, 3.63) is 126 Å². The highest BCUT2D eigenvalue weighted by molar-refractivity contribution is 5.97. The zero-order valence-corrected chi connectivity index (χ0v) is 36.5. The molecule has 0 aliphatic heterocycles. The van der Waals surface area contributed by atoms with Gasteiger partial charge < -0.3 is 58.7 Å². The number of rotatable bonds is 23. The number of amides is 6. The van der Waals surface area contributed by atoms with E-state index in [0.717, 1.165) is 38.6 Å². The van der Waals surface area contributed by atoms with Crippen molar-refractivity contribution < 1.29 is 28.8 Å². The minimum atomic E-state index is -1.26. The van der Waals surface area contributed by atoms with Gasteiger partial charge in [0.25, 0.3) is 0 Å². The molecule has 14 N–H and O–H groups in total. The first-order valence-electron chi connectivity index (χ1n) is 21.7. The van der Waals surface area contributed by atoms with Gasteiger partial charge in [0.05, 0.1) is 12.4 Å². The lowest BCUT2D eigenvalue weighted by Crippen LogP contribution is -2.59. The van der Waals surface area contributed by atoms with Crippen molar-refractivity contribution in [2.24, 2.45) is 17.2 Å². The molecule has 18 nitrogen and oxygen atoms in total. The molecule has 65 heavy (non-hydrogen) atoms. The van der Waals surface area contributed by atoms with Crippen LogP contribution in [-0.2, 0) is 54.5 Å². The predicted octanol–water partition coefficient (Wildman–Crippen LogP) is 1.34. The molecular weight excluding hydrogens is 829 g/mol. The van der Waals surface area contributed by atoms with E-state index in [4.69, 9.17) is 17.2 Å². The number of aromatic nitrogens is 4. The van der Waals surface area contributed by atoms with Gasteiger partial charge in [-0.15, -0.1) is 0 Å². The van der Waals surface area contributed by atoms with E-state index in [1.807, 2.05) is 61.5 Å². The summed E-state index contributed by atoms with van der Waals surface area (Å²) in [5.74, 6) is -4.01. The quantitative estimate of drug-likeness (QED) is 0.0413. The number of fused-ring (bicyclic) bond motifs is 2. The smallest absolute Gasteiger partial charge is 0.243 e. The second kappa shape index (κ2) is 22.4.